The van der Waals surface area contributed by atoms with Crippen molar-refractivity contribution >= 4 is 45.4 Å². The van der Waals surface area contributed by atoms with Gasteiger partial charge in [-0.2, -0.15) is 35.1 Å². The van der Waals surface area contributed by atoms with Gasteiger partial charge in [0.25, 0.3) is 0 Å². The Morgan fingerprint density at radius 2 is 0.617 bits per heavy atom. The second kappa shape index (κ2) is 13.2. The quantitative estimate of drug-likeness (QED) is 0.174. The number of hydrogen-bond acceptors (Lipinski definition) is 2. The van der Waals surface area contributed by atoms with Crippen LogP contribution in [0.5, 0.6) is 0 Å². The lowest BCUT2D eigenvalue weighted by atomic mass is 9.77. The fourth-order valence-electron chi connectivity index (χ4n) is 8.30. The maximum atomic E-state index is 16.7. The van der Waals surface area contributed by atoms with Crippen molar-refractivity contribution < 1.29 is 35.1 Å². The molecular weight excluding hydrogens is 785 g/mol. The average Bonchev–Trinajstić information content (AvgIpc) is 4.09. The molecule has 1 aliphatic carbocycles. The number of rotatable bonds is 4. The van der Waals surface area contributed by atoms with Crippen LogP contribution in [0.15, 0.2) is 146 Å². The first-order valence-corrected chi connectivity index (χ1v) is 18.8. The molecule has 4 nitrogen and oxygen atoms in total. The van der Waals surface area contributed by atoms with Crippen molar-refractivity contribution in [2.45, 2.75) is 23.7 Å². The second-order valence-corrected chi connectivity index (χ2v) is 14.6. The van der Waals surface area contributed by atoms with Crippen molar-refractivity contribution in [3.05, 3.63) is 168 Å². The summed E-state index contributed by atoms with van der Waals surface area (Å²) in [5.41, 5.74) is -2.04. The lowest BCUT2D eigenvalue weighted by Gasteiger charge is -2.42. The van der Waals surface area contributed by atoms with Crippen LogP contribution in [-0.4, -0.2) is 43.6 Å². The van der Waals surface area contributed by atoms with Crippen molar-refractivity contribution in [2.24, 2.45) is 0 Å². The smallest absolute Gasteiger partial charge is 0.354 e. The van der Waals surface area contributed by atoms with Crippen LogP contribution in [0.3, 0.4) is 0 Å². The minimum Gasteiger partial charge on any atom is -0.354 e. The SMILES string of the molecule is FC1(F)C2=C(c3nc2c(-c2ccccc2)c2ccc([nH]2)c(-c2ccccc2)c2nc(c(-c4ccccc4)c4ccc([nH]4)c3-c3ccccc3)C=C2)C(F)(F)C(F)(F)C1(F)F. The van der Waals surface area contributed by atoms with Crippen LogP contribution in [0.1, 0.15) is 22.8 Å². The first-order valence-electron chi connectivity index (χ1n) is 18.8. The third-order valence-corrected chi connectivity index (χ3v) is 11.1. The predicted octanol–water partition coefficient (Wildman–Crippen LogP) is 13.6. The van der Waals surface area contributed by atoms with Gasteiger partial charge in [-0.1, -0.05) is 121 Å². The van der Waals surface area contributed by atoms with Crippen LogP contribution in [0.4, 0.5) is 35.1 Å². The lowest BCUT2D eigenvalue weighted by molar-refractivity contribution is -0.344. The van der Waals surface area contributed by atoms with Crippen LogP contribution in [0, 0.1) is 0 Å². The molecule has 0 saturated heterocycles. The Morgan fingerprint density at radius 3 is 0.933 bits per heavy atom. The monoisotopic (exact) mass is 812 g/mol. The molecule has 5 heterocycles. The summed E-state index contributed by atoms with van der Waals surface area (Å²) in [5.74, 6) is -24.8. The molecule has 0 saturated carbocycles. The lowest BCUT2D eigenvalue weighted by Crippen LogP contribution is -2.65. The zero-order valence-electron chi connectivity index (χ0n) is 30.9. The normalized spacial score (nSPS) is 17.1. The average molecular weight is 813 g/mol. The van der Waals surface area contributed by atoms with Crippen LogP contribution in [0.2, 0.25) is 0 Å². The number of nitrogens with zero attached hydrogens (tertiary/aromatic N) is 2. The van der Waals surface area contributed by atoms with Gasteiger partial charge in [0.1, 0.15) is 0 Å². The molecule has 0 atom stereocenters. The molecule has 296 valence electrons. The molecule has 0 unspecified atom stereocenters. The van der Waals surface area contributed by atoms with Crippen molar-refractivity contribution in [1.29, 1.82) is 0 Å². The molecule has 2 aliphatic heterocycles. The second-order valence-electron chi connectivity index (χ2n) is 14.6. The number of fused-ring (bicyclic) bond motifs is 10. The van der Waals surface area contributed by atoms with E-state index in [1.54, 1.807) is 24.3 Å². The first-order chi connectivity index (χ1) is 28.8. The van der Waals surface area contributed by atoms with Gasteiger partial charge in [-0.05, 0) is 58.7 Å². The van der Waals surface area contributed by atoms with Gasteiger partial charge in [0, 0.05) is 44.3 Å². The Kier molecular flexibility index (Phi) is 8.20. The van der Waals surface area contributed by atoms with E-state index in [0.717, 1.165) is 0 Å². The number of allylic oxidation sites excluding steroid dienone is 2. The van der Waals surface area contributed by atoms with Crippen LogP contribution in [-0.2, 0) is 0 Å². The molecular formula is C48H28F8N4. The number of aromatic nitrogens is 4. The molecule has 0 spiro atoms. The van der Waals surface area contributed by atoms with E-state index in [4.69, 9.17) is 4.98 Å². The number of aromatic amines is 2. The Bertz CT molecular complexity index is 2880. The summed E-state index contributed by atoms with van der Waals surface area (Å²) < 4.78 is 129. The standard InChI is InChI=1S/C48H28F8N4/c49-45(50)41-42(46(51,52)48(55,56)47(45,53)54)44-40(30-19-11-4-12-20-30)36-26-24-34(59-36)38(28-15-7-2-8-16-28)32-22-21-31(57-32)37(27-13-5-1-6-14-27)33-23-25-35(58-33)39(43(41)60-44)29-17-9-3-10-18-29/h1-26,58-59H. The van der Waals surface area contributed by atoms with Crippen LogP contribution >= 0.6 is 0 Å². The van der Waals surface area contributed by atoms with Gasteiger partial charge in [-0.3, -0.25) is 0 Å². The van der Waals surface area contributed by atoms with Crippen LogP contribution in [0.25, 0.3) is 89.9 Å². The Hall–Kier alpha value is -7.08. The minimum absolute atomic E-state index is 0.00933. The fourth-order valence-corrected chi connectivity index (χ4v) is 8.30. The van der Waals surface area contributed by atoms with E-state index in [9.17, 15) is 0 Å². The van der Waals surface area contributed by atoms with Gasteiger partial charge in [0.15, 0.2) is 0 Å². The van der Waals surface area contributed by atoms with E-state index in [1.807, 2.05) is 72.8 Å². The van der Waals surface area contributed by atoms with Gasteiger partial charge >= 0.3 is 23.7 Å². The van der Waals surface area contributed by atoms with E-state index in [0.29, 0.717) is 44.7 Å². The molecule has 0 fully saturated rings. The zero-order chi connectivity index (χ0) is 41.6. The summed E-state index contributed by atoms with van der Waals surface area (Å²) in [5, 5.41) is 0. The third kappa shape index (κ3) is 5.29. The summed E-state index contributed by atoms with van der Waals surface area (Å²) in [6.45, 7) is 0. The summed E-state index contributed by atoms with van der Waals surface area (Å²) in [6, 6.07) is 39.8. The fraction of sp³-hybridized carbons (Fsp3) is 0.0833. The van der Waals surface area contributed by atoms with Gasteiger partial charge in [0.05, 0.1) is 33.9 Å². The molecule has 4 aromatic carbocycles. The van der Waals surface area contributed by atoms with Gasteiger partial charge in [0.2, 0.25) is 0 Å². The highest BCUT2D eigenvalue weighted by Gasteiger charge is 2.87. The number of H-pyrrole nitrogens is 2. The van der Waals surface area contributed by atoms with Crippen molar-refractivity contribution in [3.63, 3.8) is 0 Å². The molecule has 12 heteroatoms. The molecule has 60 heavy (non-hydrogen) atoms. The number of hydrogen-bond donors (Lipinski definition) is 2. The summed E-state index contributed by atoms with van der Waals surface area (Å²) in [7, 11) is 0. The molecule has 0 radical (unpaired) electrons. The maximum Gasteiger partial charge on any atom is 0.383 e. The number of benzene rings is 4. The molecule has 10 rings (SSSR count). The Balaban J connectivity index is 1.50. The Morgan fingerprint density at radius 1 is 0.333 bits per heavy atom. The van der Waals surface area contributed by atoms with Crippen molar-refractivity contribution in [1.82, 2.24) is 19.9 Å². The van der Waals surface area contributed by atoms with E-state index in [-0.39, 0.29) is 33.3 Å². The van der Waals surface area contributed by atoms with Gasteiger partial charge in [-0.15, -0.1) is 0 Å². The number of alkyl halides is 8. The maximum absolute atomic E-state index is 16.7. The zero-order valence-corrected chi connectivity index (χ0v) is 30.9. The van der Waals surface area contributed by atoms with E-state index in [1.165, 1.54) is 60.7 Å². The number of halogens is 8. The topological polar surface area (TPSA) is 57.4 Å². The summed E-state index contributed by atoms with van der Waals surface area (Å²) in [6.07, 6.45) is 3.66. The third-order valence-electron chi connectivity index (χ3n) is 11.1. The molecule has 7 aromatic rings. The highest BCUT2D eigenvalue weighted by Crippen LogP contribution is 2.68. The van der Waals surface area contributed by atoms with E-state index in [2.05, 4.69) is 15.0 Å². The Labute approximate surface area is 336 Å². The van der Waals surface area contributed by atoms with E-state index >= 15 is 35.1 Å². The minimum atomic E-state index is -6.54. The molecule has 0 amide bonds. The molecule has 2 N–H and O–H groups in total. The van der Waals surface area contributed by atoms with Gasteiger partial charge < -0.3 is 9.97 Å². The predicted molar refractivity (Wildman–Crippen MR) is 218 cm³/mol. The van der Waals surface area contributed by atoms with Crippen molar-refractivity contribution in [2.75, 3.05) is 0 Å². The highest BCUT2D eigenvalue weighted by molar-refractivity contribution is 6.09. The molecule has 8 bridgehead atoms. The number of nitrogens with one attached hydrogen (secondary N) is 2. The first kappa shape index (κ1) is 37.2. The summed E-state index contributed by atoms with van der Waals surface area (Å²) >= 11 is 0. The molecule has 3 aromatic heterocycles. The highest BCUT2D eigenvalue weighted by atomic mass is 19.4. The van der Waals surface area contributed by atoms with Crippen LogP contribution < -0.4 is 0 Å². The molecule has 3 aliphatic rings. The van der Waals surface area contributed by atoms with Gasteiger partial charge in [-0.25, -0.2) is 9.97 Å². The van der Waals surface area contributed by atoms with Crippen molar-refractivity contribution in [3.8, 4) is 44.5 Å². The largest absolute Gasteiger partial charge is 0.383 e. The van der Waals surface area contributed by atoms with E-state index < -0.39 is 46.2 Å². The summed E-state index contributed by atoms with van der Waals surface area (Å²) in [4.78, 5) is 16.0.